The predicted octanol–water partition coefficient (Wildman–Crippen LogP) is 0.410. The van der Waals surface area contributed by atoms with Crippen LogP contribution in [0, 0.1) is 0 Å². The quantitative estimate of drug-likeness (QED) is 0.425. The minimum atomic E-state index is 0.629. The molecule has 48 valence electrons. The van der Waals surface area contributed by atoms with Crippen LogP contribution >= 0.6 is 0 Å². The zero-order chi connectivity index (χ0) is 6.41. The molecular formula is C6H14N2. The highest BCUT2D eigenvalue weighted by molar-refractivity contribution is 4.79. The van der Waals surface area contributed by atoms with Gasteiger partial charge in [0.2, 0.25) is 0 Å². The fourth-order valence-electron chi connectivity index (χ4n) is 0.360. The molecule has 0 aromatic heterocycles. The molecule has 0 saturated heterocycles. The molecule has 0 aromatic rings. The molecule has 2 N–H and O–H groups in total. The van der Waals surface area contributed by atoms with Gasteiger partial charge in [0.05, 0.1) is 0 Å². The first-order valence-corrected chi connectivity index (χ1v) is 2.81. The van der Waals surface area contributed by atoms with Gasteiger partial charge in [0.1, 0.15) is 0 Å². The van der Waals surface area contributed by atoms with Gasteiger partial charge >= 0.3 is 0 Å². The molecule has 0 radical (unpaired) electrons. The molecule has 0 amide bonds. The highest BCUT2D eigenvalue weighted by atomic mass is 15.1. The van der Waals surface area contributed by atoms with Crippen LogP contribution in [0.1, 0.15) is 6.92 Å². The first-order valence-electron chi connectivity index (χ1n) is 2.81. The molecule has 0 bridgehead atoms. The molecule has 0 spiro atoms. The summed E-state index contributed by atoms with van der Waals surface area (Å²) in [6, 6.07) is 0. The second kappa shape index (κ2) is 4.81. The molecule has 0 aromatic carbocycles. The van der Waals surface area contributed by atoms with E-state index in [1.807, 2.05) is 24.9 Å². The van der Waals surface area contributed by atoms with Crippen LogP contribution in [0.4, 0.5) is 0 Å². The SMILES string of the molecule is CC=CCN(C)CN. The summed E-state index contributed by atoms with van der Waals surface area (Å²) >= 11 is 0. The molecule has 0 unspecified atom stereocenters. The van der Waals surface area contributed by atoms with Gasteiger partial charge in [0.25, 0.3) is 0 Å². The van der Waals surface area contributed by atoms with Gasteiger partial charge in [-0.15, -0.1) is 0 Å². The highest BCUT2D eigenvalue weighted by Gasteiger charge is 1.85. The Kier molecular flexibility index (Phi) is 4.61. The van der Waals surface area contributed by atoms with E-state index in [1.54, 1.807) is 0 Å². The Bertz CT molecular complexity index is 68.9. The molecule has 0 saturated carbocycles. The minimum absolute atomic E-state index is 0.629. The van der Waals surface area contributed by atoms with Crippen molar-refractivity contribution >= 4 is 0 Å². The van der Waals surface area contributed by atoms with Crippen molar-refractivity contribution in [2.24, 2.45) is 5.73 Å². The third kappa shape index (κ3) is 3.84. The second-order valence-electron chi connectivity index (χ2n) is 1.79. The van der Waals surface area contributed by atoms with Crippen LogP contribution in [0.3, 0.4) is 0 Å². The van der Waals surface area contributed by atoms with Gasteiger partial charge in [-0.3, -0.25) is 4.90 Å². The zero-order valence-electron chi connectivity index (χ0n) is 5.59. The molecule has 0 aliphatic carbocycles. The van der Waals surface area contributed by atoms with Gasteiger partial charge in [-0.1, -0.05) is 12.2 Å². The number of rotatable bonds is 3. The van der Waals surface area contributed by atoms with Crippen LogP contribution in [0.15, 0.2) is 12.2 Å². The van der Waals surface area contributed by atoms with Gasteiger partial charge in [-0.05, 0) is 14.0 Å². The molecule has 2 heteroatoms. The lowest BCUT2D eigenvalue weighted by atomic mass is 10.5. The molecule has 0 fully saturated rings. The first kappa shape index (κ1) is 7.66. The van der Waals surface area contributed by atoms with Crippen molar-refractivity contribution in [3.05, 3.63) is 12.2 Å². The van der Waals surface area contributed by atoms with Crippen molar-refractivity contribution in [2.45, 2.75) is 6.92 Å². The maximum absolute atomic E-state index is 5.30. The molecule has 0 rings (SSSR count). The topological polar surface area (TPSA) is 29.3 Å². The van der Waals surface area contributed by atoms with E-state index in [0.29, 0.717) is 6.67 Å². The average Bonchev–Trinajstić information content (AvgIpc) is 1.83. The van der Waals surface area contributed by atoms with E-state index >= 15 is 0 Å². The monoisotopic (exact) mass is 114 g/mol. The van der Waals surface area contributed by atoms with Crippen molar-refractivity contribution in [3.8, 4) is 0 Å². The Morgan fingerprint density at radius 1 is 1.62 bits per heavy atom. The van der Waals surface area contributed by atoms with E-state index in [9.17, 15) is 0 Å². The Morgan fingerprint density at radius 2 is 2.25 bits per heavy atom. The van der Waals surface area contributed by atoms with Crippen molar-refractivity contribution in [3.63, 3.8) is 0 Å². The van der Waals surface area contributed by atoms with Gasteiger partial charge in [0.15, 0.2) is 0 Å². The van der Waals surface area contributed by atoms with E-state index in [2.05, 4.69) is 6.08 Å². The van der Waals surface area contributed by atoms with Crippen molar-refractivity contribution in [2.75, 3.05) is 20.3 Å². The fourth-order valence-corrected chi connectivity index (χ4v) is 0.360. The number of hydrogen-bond donors (Lipinski definition) is 1. The smallest absolute Gasteiger partial charge is 0.0455 e. The summed E-state index contributed by atoms with van der Waals surface area (Å²) in [5.74, 6) is 0. The van der Waals surface area contributed by atoms with Crippen LogP contribution < -0.4 is 5.73 Å². The molecule has 2 nitrogen and oxygen atoms in total. The maximum atomic E-state index is 5.30. The number of hydrogen-bond acceptors (Lipinski definition) is 2. The van der Waals surface area contributed by atoms with Gasteiger partial charge in [-0.2, -0.15) is 0 Å². The van der Waals surface area contributed by atoms with Gasteiger partial charge in [0, 0.05) is 13.2 Å². The van der Waals surface area contributed by atoms with E-state index < -0.39 is 0 Å². The summed E-state index contributed by atoms with van der Waals surface area (Å²) in [5, 5.41) is 0. The molecule has 0 aliphatic heterocycles. The Hall–Kier alpha value is -0.340. The minimum Gasteiger partial charge on any atom is -0.318 e. The van der Waals surface area contributed by atoms with Crippen LogP contribution in [0.25, 0.3) is 0 Å². The highest BCUT2D eigenvalue weighted by Crippen LogP contribution is 1.77. The van der Waals surface area contributed by atoms with E-state index in [-0.39, 0.29) is 0 Å². The average molecular weight is 114 g/mol. The Morgan fingerprint density at radius 3 is 2.62 bits per heavy atom. The molecule has 0 atom stereocenters. The number of nitrogens with two attached hydrogens (primary N) is 1. The molecule has 0 aliphatic rings. The van der Waals surface area contributed by atoms with Crippen LogP contribution in [0.5, 0.6) is 0 Å². The van der Waals surface area contributed by atoms with Crippen LogP contribution in [0.2, 0.25) is 0 Å². The lowest BCUT2D eigenvalue weighted by molar-refractivity contribution is 0.382. The first-order chi connectivity index (χ1) is 3.81. The molecule has 8 heavy (non-hydrogen) atoms. The van der Waals surface area contributed by atoms with Gasteiger partial charge in [-0.25, -0.2) is 0 Å². The van der Waals surface area contributed by atoms with Crippen molar-refractivity contribution in [1.29, 1.82) is 0 Å². The lowest BCUT2D eigenvalue weighted by Gasteiger charge is -2.08. The Labute approximate surface area is 51.0 Å². The Balaban J connectivity index is 3.10. The summed E-state index contributed by atoms with van der Waals surface area (Å²) in [7, 11) is 1.99. The third-order valence-corrected chi connectivity index (χ3v) is 0.964. The van der Waals surface area contributed by atoms with Crippen LogP contribution in [-0.4, -0.2) is 25.2 Å². The predicted molar refractivity (Wildman–Crippen MR) is 36.5 cm³/mol. The van der Waals surface area contributed by atoms with Crippen molar-refractivity contribution < 1.29 is 0 Å². The van der Waals surface area contributed by atoms with Crippen molar-refractivity contribution in [1.82, 2.24) is 4.90 Å². The summed E-state index contributed by atoms with van der Waals surface area (Å²) < 4.78 is 0. The largest absolute Gasteiger partial charge is 0.318 e. The van der Waals surface area contributed by atoms with Gasteiger partial charge < -0.3 is 5.73 Å². The second-order valence-corrected chi connectivity index (χ2v) is 1.79. The third-order valence-electron chi connectivity index (χ3n) is 0.964. The lowest BCUT2D eigenvalue weighted by Crippen LogP contribution is -2.25. The summed E-state index contributed by atoms with van der Waals surface area (Å²) in [5.41, 5.74) is 5.30. The zero-order valence-corrected chi connectivity index (χ0v) is 5.59. The number of nitrogens with zero attached hydrogens (tertiary/aromatic N) is 1. The van der Waals surface area contributed by atoms with E-state index in [0.717, 1.165) is 6.54 Å². The molecule has 0 heterocycles. The van der Waals surface area contributed by atoms with E-state index in [1.165, 1.54) is 0 Å². The summed E-state index contributed by atoms with van der Waals surface area (Å²) in [6.07, 6.45) is 4.10. The van der Waals surface area contributed by atoms with Crippen LogP contribution in [-0.2, 0) is 0 Å². The maximum Gasteiger partial charge on any atom is 0.0455 e. The standard InChI is InChI=1S/C6H14N2/c1-3-4-5-8(2)6-7/h3-4H,5-7H2,1-2H3. The summed E-state index contributed by atoms with van der Waals surface area (Å²) in [4.78, 5) is 2.03. The molecular weight excluding hydrogens is 100 g/mol. The fraction of sp³-hybridized carbons (Fsp3) is 0.667. The van der Waals surface area contributed by atoms with E-state index in [4.69, 9.17) is 5.73 Å². The number of likely N-dealkylation sites (N-methyl/N-ethyl adjacent to an activating group) is 1. The normalized spacial score (nSPS) is 11.5. The summed E-state index contributed by atoms with van der Waals surface area (Å²) in [6.45, 7) is 3.59. The number of allylic oxidation sites excluding steroid dienone is 1.